The lowest BCUT2D eigenvalue weighted by Crippen LogP contribution is -2.39. The molecule has 0 saturated carbocycles. The van der Waals surface area contributed by atoms with Crippen LogP contribution >= 0.6 is 0 Å². The number of ether oxygens (including phenoxy) is 1. The van der Waals surface area contributed by atoms with Crippen LogP contribution in [0.4, 0.5) is 5.69 Å². The molecular formula is C15H18N2O4. The summed E-state index contributed by atoms with van der Waals surface area (Å²) in [6, 6.07) is 7.40. The Morgan fingerprint density at radius 1 is 1.33 bits per heavy atom. The Morgan fingerprint density at radius 2 is 2.05 bits per heavy atom. The van der Waals surface area contributed by atoms with Gasteiger partial charge in [0.05, 0.1) is 6.54 Å². The predicted molar refractivity (Wildman–Crippen MR) is 79.7 cm³/mol. The van der Waals surface area contributed by atoms with Crippen LogP contribution in [0.1, 0.15) is 5.56 Å². The SMILES string of the molecule is CNc1ccccc1/C=C/C(=O)N(CC=O)C(=O)COC. The maximum Gasteiger partial charge on any atom is 0.255 e. The van der Waals surface area contributed by atoms with Gasteiger partial charge in [0.15, 0.2) is 0 Å². The summed E-state index contributed by atoms with van der Waals surface area (Å²) in [5.74, 6) is -1.11. The number of aldehydes is 1. The van der Waals surface area contributed by atoms with Crippen LogP contribution in [-0.2, 0) is 19.1 Å². The number of rotatable bonds is 7. The molecule has 0 aromatic heterocycles. The molecule has 0 aliphatic heterocycles. The lowest BCUT2D eigenvalue weighted by Gasteiger charge is -2.15. The molecule has 0 saturated heterocycles. The van der Waals surface area contributed by atoms with Gasteiger partial charge in [-0.1, -0.05) is 18.2 Å². The van der Waals surface area contributed by atoms with E-state index in [0.29, 0.717) is 6.29 Å². The Labute approximate surface area is 123 Å². The Bertz CT molecular complexity index is 540. The molecule has 0 spiro atoms. The van der Waals surface area contributed by atoms with Gasteiger partial charge in [-0.15, -0.1) is 0 Å². The van der Waals surface area contributed by atoms with Gasteiger partial charge >= 0.3 is 0 Å². The van der Waals surface area contributed by atoms with Crippen molar-refractivity contribution in [3.05, 3.63) is 35.9 Å². The first-order valence-corrected chi connectivity index (χ1v) is 6.35. The number of para-hydroxylation sites is 1. The zero-order valence-corrected chi connectivity index (χ0v) is 12.0. The third kappa shape index (κ3) is 4.85. The monoisotopic (exact) mass is 290 g/mol. The molecule has 6 heteroatoms. The van der Waals surface area contributed by atoms with Crippen LogP contribution in [0.25, 0.3) is 6.08 Å². The van der Waals surface area contributed by atoms with Crippen molar-refractivity contribution in [2.45, 2.75) is 0 Å². The minimum Gasteiger partial charge on any atom is -0.388 e. The standard InChI is InChI=1S/C15H18N2O4/c1-16-13-6-4-3-5-12(13)7-8-14(19)17(9-10-18)15(20)11-21-2/h3-8,10,16H,9,11H2,1-2H3/b8-7+. The Kier molecular flexibility index (Phi) is 6.83. The highest BCUT2D eigenvalue weighted by Gasteiger charge is 2.18. The van der Waals surface area contributed by atoms with E-state index in [1.807, 2.05) is 24.3 Å². The van der Waals surface area contributed by atoms with Gasteiger partial charge in [-0.05, 0) is 17.7 Å². The average Bonchev–Trinajstić information content (AvgIpc) is 2.50. The highest BCUT2D eigenvalue weighted by Crippen LogP contribution is 2.15. The number of nitrogens with zero attached hydrogens (tertiary/aromatic N) is 1. The third-order valence-corrected chi connectivity index (χ3v) is 2.73. The van der Waals surface area contributed by atoms with Crippen molar-refractivity contribution in [2.24, 2.45) is 0 Å². The molecule has 0 atom stereocenters. The molecule has 0 heterocycles. The summed E-state index contributed by atoms with van der Waals surface area (Å²) in [6.45, 7) is -0.542. The van der Waals surface area contributed by atoms with E-state index in [2.05, 4.69) is 10.1 Å². The van der Waals surface area contributed by atoms with Crippen LogP contribution in [-0.4, -0.2) is 50.3 Å². The maximum atomic E-state index is 12.0. The van der Waals surface area contributed by atoms with Gasteiger partial charge in [-0.25, -0.2) is 0 Å². The fourth-order valence-electron chi connectivity index (χ4n) is 1.71. The Hall–Kier alpha value is -2.47. The summed E-state index contributed by atoms with van der Waals surface area (Å²) in [7, 11) is 3.12. The van der Waals surface area contributed by atoms with E-state index >= 15 is 0 Å². The largest absolute Gasteiger partial charge is 0.388 e. The molecule has 0 bridgehead atoms. The Morgan fingerprint density at radius 3 is 2.67 bits per heavy atom. The highest BCUT2D eigenvalue weighted by molar-refractivity contribution is 6.04. The second-order valence-corrected chi connectivity index (χ2v) is 4.11. The van der Waals surface area contributed by atoms with E-state index in [9.17, 15) is 14.4 Å². The molecule has 0 unspecified atom stereocenters. The molecule has 0 aliphatic carbocycles. The van der Waals surface area contributed by atoms with Crippen LogP contribution in [0.2, 0.25) is 0 Å². The van der Waals surface area contributed by atoms with E-state index < -0.39 is 11.8 Å². The Balaban J connectivity index is 2.87. The lowest BCUT2D eigenvalue weighted by molar-refractivity contribution is -0.145. The summed E-state index contributed by atoms with van der Waals surface area (Å²) < 4.78 is 4.69. The van der Waals surface area contributed by atoms with Crippen molar-refractivity contribution < 1.29 is 19.1 Å². The van der Waals surface area contributed by atoms with Gasteiger partial charge in [-0.3, -0.25) is 14.5 Å². The quantitative estimate of drug-likeness (QED) is 0.597. The zero-order chi connectivity index (χ0) is 15.7. The van der Waals surface area contributed by atoms with Crippen molar-refractivity contribution in [1.29, 1.82) is 0 Å². The molecule has 0 radical (unpaired) electrons. The first-order valence-electron chi connectivity index (χ1n) is 6.35. The van der Waals surface area contributed by atoms with Gasteiger partial charge in [0.2, 0.25) is 0 Å². The molecule has 112 valence electrons. The van der Waals surface area contributed by atoms with Gasteiger partial charge in [0.1, 0.15) is 12.9 Å². The van der Waals surface area contributed by atoms with E-state index in [0.717, 1.165) is 16.2 Å². The fourth-order valence-corrected chi connectivity index (χ4v) is 1.71. The first kappa shape index (κ1) is 16.6. The van der Waals surface area contributed by atoms with Crippen molar-refractivity contribution in [3.63, 3.8) is 0 Å². The zero-order valence-electron chi connectivity index (χ0n) is 12.0. The molecule has 1 rings (SSSR count). The van der Waals surface area contributed by atoms with Crippen LogP contribution < -0.4 is 5.32 Å². The summed E-state index contributed by atoms with van der Waals surface area (Å²) in [5.41, 5.74) is 1.66. The average molecular weight is 290 g/mol. The molecule has 2 amide bonds. The van der Waals surface area contributed by atoms with Crippen molar-refractivity contribution >= 4 is 29.9 Å². The van der Waals surface area contributed by atoms with E-state index in [1.54, 1.807) is 13.1 Å². The minimum atomic E-state index is -0.560. The van der Waals surface area contributed by atoms with E-state index in [1.165, 1.54) is 13.2 Å². The minimum absolute atomic E-state index is 0.249. The summed E-state index contributed by atoms with van der Waals surface area (Å²) in [6.07, 6.45) is 3.35. The third-order valence-electron chi connectivity index (χ3n) is 2.73. The van der Waals surface area contributed by atoms with Gasteiger partial charge in [0, 0.05) is 25.9 Å². The molecule has 21 heavy (non-hydrogen) atoms. The van der Waals surface area contributed by atoms with Gasteiger partial charge < -0.3 is 14.8 Å². The highest BCUT2D eigenvalue weighted by atomic mass is 16.5. The number of nitrogens with one attached hydrogen (secondary N) is 1. The maximum absolute atomic E-state index is 12.0. The molecule has 0 fully saturated rings. The summed E-state index contributed by atoms with van der Waals surface area (Å²) in [5, 5.41) is 3.00. The summed E-state index contributed by atoms with van der Waals surface area (Å²) in [4.78, 5) is 35.1. The second-order valence-electron chi connectivity index (χ2n) is 4.11. The normalized spacial score (nSPS) is 10.4. The second kappa shape index (κ2) is 8.65. The topological polar surface area (TPSA) is 75.7 Å². The van der Waals surface area contributed by atoms with Crippen LogP contribution in [0.15, 0.2) is 30.3 Å². The van der Waals surface area contributed by atoms with Crippen LogP contribution in [0, 0.1) is 0 Å². The lowest BCUT2D eigenvalue weighted by atomic mass is 10.1. The number of carbonyl (C=O) groups is 3. The number of amides is 2. The van der Waals surface area contributed by atoms with Crippen LogP contribution in [0.3, 0.4) is 0 Å². The smallest absolute Gasteiger partial charge is 0.255 e. The number of carbonyl (C=O) groups excluding carboxylic acids is 3. The van der Waals surface area contributed by atoms with Gasteiger partial charge in [0.25, 0.3) is 11.8 Å². The predicted octanol–water partition coefficient (Wildman–Crippen LogP) is 0.942. The number of methoxy groups -OCH3 is 1. The number of hydrogen-bond acceptors (Lipinski definition) is 5. The molecular weight excluding hydrogens is 272 g/mol. The molecule has 6 nitrogen and oxygen atoms in total. The first-order chi connectivity index (χ1) is 10.1. The van der Waals surface area contributed by atoms with E-state index in [4.69, 9.17) is 0 Å². The van der Waals surface area contributed by atoms with Crippen molar-refractivity contribution in [2.75, 3.05) is 32.6 Å². The number of anilines is 1. The van der Waals surface area contributed by atoms with Gasteiger partial charge in [-0.2, -0.15) is 0 Å². The molecule has 1 aromatic carbocycles. The summed E-state index contributed by atoms with van der Waals surface area (Å²) >= 11 is 0. The van der Waals surface area contributed by atoms with Crippen molar-refractivity contribution in [1.82, 2.24) is 4.90 Å². The van der Waals surface area contributed by atoms with Crippen molar-refractivity contribution in [3.8, 4) is 0 Å². The molecule has 1 aromatic rings. The number of imide groups is 1. The number of hydrogen-bond donors (Lipinski definition) is 1. The molecule has 1 N–H and O–H groups in total. The molecule has 0 aliphatic rings. The van der Waals surface area contributed by atoms with E-state index in [-0.39, 0.29) is 13.2 Å². The number of benzene rings is 1. The van der Waals surface area contributed by atoms with Crippen LogP contribution in [0.5, 0.6) is 0 Å². The fraction of sp³-hybridized carbons (Fsp3) is 0.267.